The van der Waals surface area contributed by atoms with Gasteiger partial charge in [-0.3, -0.25) is 15.0 Å². The van der Waals surface area contributed by atoms with Crippen LogP contribution in [0.15, 0.2) is 42.5 Å². The molecule has 0 atom stereocenters. The molecule has 8 nitrogen and oxygen atoms in total. The lowest BCUT2D eigenvalue weighted by Crippen LogP contribution is -2.46. The Morgan fingerprint density at radius 1 is 1.11 bits per heavy atom. The van der Waals surface area contributed by atoms with E-state index in [9.17, 15) is 14.5 Å². The Morgan fingerprint density at radius 3 is 2.61 bits per heavy atom. The number of fused-ring (bicyclic) bond motifs is 1. The number of anilines is 2. The summed E-state index contributed by atoms with van der Waals surface area (Å²) in [5.74, 6) is 0.610. The number of nitrogen functional groups attached to an aromatic ring is 1. The number of nitro groups is 1. The van der Waals surface area contributed by atoms with Crippen LogP contribution < -0.4 is 10.6 Å². The van der Waals surface area contributed by atoms with Gasteiger partial charge in [-0.2, -0.15) is 0 Å². The lowest BCUT2D eigenvalue weighted by atomic mass is 10.2. The number of para-hydroxylation sites is 1. The van der Waals surface area contributed by atoms with Crippen LogP contribution in [0.1, 0.15) is 5.82 Å². The van der Waals surface area contributed by atoms with Crippen molar-refractivity contribution in [2.24, 2.45) is 0 Å². The Balaban J connectivity index is 1.47. The molecule has 1 fully saturated rings. The maximum Gasteiger partial charge on any atom is 0.292 e. The van der Waals surface area contributed by atoms with Gasteiger partial charge in [-0.25, -0.2) is 14.4 Å². The molecule has 2 aromatic carbocycles. The van der Waals surface area contributed by atoms with E-state index in [0.29, 0.717) is 50.1 Å². The molecule has 28 heavy (non-hydrogen) atoms. The van der Waals surface area contributed by atoms with Crippen LogP contribution in [0.5, 0.6) is 0 Å². The second-order valence-corrected chi connectivity index (χ2v) is 6.70. The molecule has 0 spiro atoms. The van der Waals surface area contributed by atoms with Crippen molar-refractivity contribution >= 4 is 28.1 Å². The first kappa shape index (κ1) is 18.1. The Morgan fingerprint density at radius 2 is 1.86 bits per heavy atom. The first-order valence-electron chi connectivity index (χ1n) is 8.93. The molecular formula is C19H19FN6O2. The summed E-state index contributed by atoms with van der Waals surface area (Å²) in [5.41, 5.74) is 7.08. The fourth-order valence-electron chi connectivity index (χ4n) is 3.47. The molecule has 1 aliphatic heterocycles. The lowest BCUT2D eigenvalue weighted by Gasteiger charge is -2.35. The molecule has 1 saturated heterocycles. The second-order valence-electron chi connectivity index (χ2n) is 6.70. The standard InChI is InChI=1S/C19H19FN6O2/c20-13-5-6-16(26(27)28)17(11-13)25-9-7-24(8-10-25)12-18-22-15-4-2-1-3-14(15)19(21)23-18/h1-6,11H,7-10,12H2,(H2,21,22,23). The van der Waals surface area contributed by atoms with Crippen molar-refractivity contribution in [1.82, 2.24) is 14.9 Å². The molecule has 0 unspecified atom stereocenters. The number of nitro benzene ring substituents is 1. The van der Waals surface area contributed by atoms with Crippen molar-refractivity contribution in [3.8, 4) is 0 Å². The quantitative estimate of drug-likeness (QED) is 0.547. The van der Waals surface area contributed by atoms with Crippen LogP contribution in [0.4, 0.5) is 21.6 Å². The number of halogens is 1. The molecule has 0 amide bonds. The third-order valence-electron chi connectivity index (χ3n) is 4.89. The number of hydrogen-bond acceptors (Lipinski definition) is 7. The van der Waals surface area contributed by atoms with Crippen LogP contribution in [0, 0.1) is 15.9 Å². The highest BCUT2D eigenvalue weighted by molar-refractivity contribution is 5.87. The van der Waals surface area contributed by atoms with Crippen LogP contribution >= 0.6 is 0 Å². The third-order valence-corrected chi connectivity index (χ3v) is 4.89. The summed E-state index contributed by atoms with van der Waals surface area (Å²) in [6.45, 7) is 2.95. The minimum Gasteiger partial charge on any atom is -0.383 e. The van der Waals surface area contributed by atoms with Crippen molar-refractivity contribution in [3.63, 3.8) is 0 Å². The van der Waals surface area contributed by atoms with Crippen LogP contribution in [0.2, 0.25) is 0 Å². The zero-order valence-electron chi connectivity index (χ0n) is 15.1. The largest absolute Gasteiger partial charge is 0.383 e. The highest BCUT2D eigenvalue weighted by atomic mass is 19.1. The van der Waals surface area contributed by atoms with Crippen molar-refractivity contribution in [2.45, 2.75) is 6.54 Å². The molecule has 2 heterocycles. The molecule has 0 radical (unpaired) electrons. The van der Waals surface area contributed by atoms with Crippen molar-refractivity contribution in [3.05, 3.63) is 64.2 Å². The van der Waals surface area contributed by atoms with Gasteiger partial charge in [-0.05, 0) is 18.2 Å². The fourth-order valence-corrected chi connectivity index (χ4v) is 3.47. The molecule has 0 aliphatic carbocycles. The zero-order valence-corrected chi connectivity index (χ0v) is 15.1. The molecule has 9 heteroatoms. The Bertz CT molecular complexity index is 1040. The molecule has 3 aromatic rings. The van der Waals surface area contributed by atoms with Gasteiger partial charge >= 0.3 is 0 Å². The monoisotopic (exact) mass is 382 g/mol. The predicted octanol–water partition coefficient (Wildman–Crippen LogP) is 2.58. The molecule has 1 aromatic heterocycles. The number of rotatable bonds is 4. The summed E-state index contributed by atoms with van der Waals surface area (Å²) in [5, 5.41) is 12.1. The molecule has 0 bridgehead atoms. The normalized spacial score (nSPS) is 15.1. The van der Waals surface area contributed by atoms with Gasteiger partial charge in [0, 0.05) is 43.7 Å². The third kappa shape index (κ3) is 3.56. The summed E-state index contributed by atoms with van der Waals surface area (Å²) in [6.07, 6.45) is 0. The van der Waals surface area contributed by atoms with E-state index >= 15 is 0 Å². The summed E-state index contributed by atoms with van der Waals surface area (Å²) in [7, 11) is 0. The van der Waals surface area contributed by atoms with E-state index in [1.54, 1.807) is 0 Å². The van der Waals surface area contributed by atoms with Gasteiger partial charge in [0.25, 0.3) is 5.69 Å². The Hall–Kier alpha value is -3.33. The molecule has 2 N–H and O–H groups in total. The smallest absolute Gasteiger partial charge is 0.292 e. The minimum atomic E-state index is -0.483. The fraction of sp³-hybridized carbons (Fsp3) is 0.263. The zero-order chi connectivity index (χ0) is 19.7. The van der Waals surface area contributed by atoms with Gasteiger partial charge in [-0.15, -0.1) is 0 Å². The average molecular weight is 382 g/mol. The topological polar surface area (TPSA) is 101 Å². The van der Waals surface area contributed by atoms with E-state index in [0.717, 1.165) is 17.0 Å². The van der Waals surface area contributed by atoms with Crippen LogP contribution in [-0.4, -0.2) is 46.0 Å². The van der Waals surface area contributed by atoms with E-state index < -0.39 is 10.7 Å². The van der Waals surface area contributed by atoms with E-state index in [4.69, 9.17) is 5.73 Å². The summed E-state index contributed by atoms with van der Waals surface area (Å²) in [4.78, 5) is 23.7. The van der Waals surface area contributed by atoms with Gasteiger partial charge in [0.1, 0.15) is 23.1 Å². The lowest BCUT2D eigenvalue weighted by molar-refractivity contribution is -0.384. The van der Waals surface area contributed by atoms with Gasteiger partial charge in [0.15, 0.2) is 0 Å². The van der Waals surface area contributed by atoms with Gasteiger partial charge in [0.2, 0.25) is 0 Å². The number of nitrogens with two attached hydrogens (primary N) is 1. The van der Waals surface area contributed by atoms with E-state index in [1.165, 1.54) is 12.1 Å². The maximum atomic E-state index is 13.6. The number of hydrogen-bond donors (Lipinski definition) is 1. The number of nitrogens with zero attached hydrogens (tertiary/aromatic N) is 5. The molecule has 1 aliphatic rings. The number of piperazine rings is 1. The summed E-state index contributed by atoms with van der Waals surface area (Å²) < 4.78 is 13.6. The van der Waals surface area contributed by atoms with Crippen molar-refractivity contribution in [1.29, 1.82) is 0 Å². The second kappa shape index (κ2) is 7.35. The first-order chi connectivity index (χ1) is 13.5. The number of benzene rings is 2. The first-order valence-corrected chi connectivity index (χ1v) is 8.93. The van der Waals surface area contributed by atoms with E-state index in [-0.39, 0.29) is 5.69 Å². The van der Waals surface area contributed by atoms with Crippen LogP contribution in [0.3, 0.4) is 0 Å². The maximum absolute atomic E-state index is 13.6. The Kier molecular flexibility index (Phi) is 4.74. The highest BCUT2D eigenvalue weighted by Gasteiger charge is 2.24. The summed E-state index contributed by atoms with van der Waals surface area (Å²) in [6, 6.07) is 11.1. The van der Waals surface area contributed by atoms with E-state index in [2.05, 4.69) is 14.9 Å². The molecular weight excluding hydrogens is 363 g/mol. The average Bonchev–Trinajstić information content (AvgIpc) is 2.68. The number of aromatic nitrogens is 2. The SMILES string of the molecule is Nc1nc(CN2CCN(c3cc(F)ccc3[N+](=O)[O-])CC2)nc2ccccc12. The predicted molar refractivity (Wildman–Crippen MR) is 104 cm³/mol. The van der Waals surface area contributed by atoms with E-state index in [1.807, 2.05) is 29.2 Å². The molecule has 4 rings (SSSR count). The molecule has 0 saturated carbocycles. The van der Waals surface area contributed by atoms with Gasteiger partial charge < -0.3 is 10.6 Å². The minimum absolute atomic E-state index is 0.0829. The highest BCUT2D eigenvalue weighted by Crippen LogP contribution is 2.30. The molecule has 144 valence electrons. The Labute approximate surface area is 160 Å². The van der Waals surface area contributed by atoms with Crippen molar-refractivity contribution < 1.29 is 9.31 Å². The van der Waals surface area contributed by atoms with Crippen molar-refractivity contribution in [2.75, 3.05) is 36.8 Å². The van der Waals surface area contributed by atoms with Gasteiger partial charge in [-0.1, -0.05) is 12.1 Å². The van der Waals surface area contributed by atoms with Crippen LogP contribution in [-0.2, 0) is 6.54 Å². The summed E-state index contributed by atoms with van der Waals surface area (Å²) >= 11 is 0. The van der Waals surface area contributed by atoms with Crippen LogP contribution in [0.25, 0.3) is 10.9 Å². The van der Waals surface area contributed by atoms with Gasteiger partial charge in [0.05, 0.1) is 17.0 Å².